The highest BCUT2D eigenvalue weighted by Gasteiger charge is 2.43. The number of nitro groups is 1. The van der Waals surface area contributed by atoms with E-state index < -0.39 is 59.7 Å². The summed E-state index contributed by atoms with van der Waals surface area (Å²) >= 11 is 1.38. The number of nitro benzene ring substituents is 1. The van der Waals surface area contributed by atoms with Crippen molar-refractivity contribution in [1.29, 1.82) is 0 Å². The van der Waals surface area contributed by atoms with E-state index in [1.54, 1.807) is 13.0 Å². The van der Waals surface area contributed by atoms with Gasteiger partial charge in [-0.3, -0.25) is 19.2 Å². The molecule has 4 N–H and O–H groups in total. The second kappa shape index (κ2) is 14.5. The summed E-state index contributed by atoms with van der Waals surface area (Å²) in [6.45, 7) is 3.59. The van der Waals surface area contributed by atoms with Crippen molar-refractivity contribution < 1.29 is 60.8 Å². The zero-order valence-corrected chi connectivity index (χ0v) is 26.2. The van der Waals surface area contributed by atoms with E-state index in [0.717, 1.165) is 9.79 Å². The van der Waals surface area contributed by atoms with Crippen molar-refractivity contribution in [2.45, 2.75) is 67.6 Å². The standard InChI is InChI=1S/C23H32NO14P3S/c1-4-17-11-20(24(26)27)19(12-23(17)42-18-8-6-5-7-9-18)15(2)13-34-39(28,29)37-41(32,33)38-40(30,31)35-14-22-21(25)10-16(3)36-22/h5-9,11-12,15-16,21-22,25H,4,10,13-14H2,1-3H3,(H,28,29)(H,30,31)(H,32,33)/t15?,16-,21+,22+/m0/s1. The molecule has 15 nitrogen and oxygen atoms in total. The van der Waals surface area contributed by atoms with Gasteiger partial charge < -0.3 is 24.5 Å². The molecule has 0 bridgehead atoms. The lowest BCUT2D eigenvalue weighted by atomic mass is 9.97. The van der Waals surface area contributed by atoms with Gasteiger partial charge in [-0.2, -0.15) is 8.62 Å². The molecular weight excluding hydrogens is 639 g/mol. The average Bonchev–Trinajstić information content (AvgIpc) is 3.21. The predicted octanol–water partition coefficient (Wildman–Crippen LogP) is 5.32. The number of hydrogen-bond donors (Lipinski definition) is 4. The largest absolute Gasteiger partial charge is 0.490 e. The quantitative estimate of drug-likeness (QED) is 0.107. The van der Waals surface area contributed by atoms with Gasteiger partial charge in [0.05, 0.1) is 30.3 Å². The van der Waals surface area contributed by atoms with E-state index in [1.807, 2.05) is 37.3 Å². The van der Waals surface area contributed by atoms with Crippen molar-refractivity contribution in [2.24, 2.45) is 0 Å². The van der Waals surface area contributed by atoms with Crippen LogP contribution in [-0.4, -0.2) is 56.2 Å². The Morgan fingerprint density at radius 1 is 1.07 bits per heavy atom. The smallest absolute Gasteiger partial charge is 0.390 e. The Morgan fingerprint density at radius 3 is 2.24 bits per heavy atom. The molecule has 0 aromatic heterocycles. The number of phosphoric acid groups is 3. The third-order valence-corrected chi connectivity index (χ3v) is 11.4. The first-order valence-corrected chi connectivity index (χ1v) is 17.9. The number of phosphoric ester groups is 2. The molecule has 42 heavy (non-hydrogen) atoms. The van der Waals surface area contributed by atoms with Gasteiger partial charge in [0.1, 0.15) is 6.10 Å². The second-order valence-electron chi connectivity index (χ2n) is 9.39. The monoisotopic (exact) mass is 671 g/mol. The maximum atomic E-state index is 12.4. The van der Waals surface area contributed by atoms with Crippen LogP contribution >= 0.6 is 35.2 Å². The third kappa shape index (κ3) is 10.3. The van der Waals surface area contributed by atoms with Gasteiger partial charge in [0.2, 0.25) is 0 Å². The summed E-state index contributed by atoms with van der Waals surface area (Å²) < 4.78 is 59.6. The van der Waals surface area contributed by atoms with E-state index in [9.17, 15) is 43.6 Å². The summed E-state index contributed by atoms with van der Waals surface area (Å²) in [7, 11) is -16.5. The average molecular weight is 671 g/mol. The highest BCUT2D eigenvalue weighted by Crippen LogP contribution is 2.67. The molecule has 0 saturated carbocycles. The minimum Gasteiger partial charge on any atom is -0.390 e. The van der Waals surface area contributed by atoms with Crippen LogP contribution in [0.3, 0.4) is 0 Å². The number of aliphatic hydroxyl groups is 1. The van der Waals surface area contributed by atoms with Gasteiger partial charge in [0.25, 0.3) is 5.69 Å². The predicted molar refractivity (Wildman–Crippen MR) is 150 cm³/mol. The fourth-order valence-corrected chi connectivity index (χ4v) is 8.71. The molecule has 0 aliphatic carbocycles. The van der Waals surface area contributed by atoms with Crippen LogP contribution in [-0.2, 0) is 42.5 Å². The Labute approximate surface area is 246 Å². The minimum atomic E-state index is -5.73. The fraction of sp³-hybridized carbons (Fsp3) is 0.478. The Bertz CT molecular complexity index is 1400. The summed E-state index contributed by atoms with van der Waals surface area (Å²) in [5, 5.41) is 21.6. The van der Waals surface area contributed by atoms with Crippen LogP contribution in [0.1, 0.15) is 44.2 Å². The number of rotatable bonds is 15. The van der Waals surface area contributed by atoms with Crippen LogP contribution in [0.25, 0.3) is 0 Å². The van der Waals surface area contributed by atoms with Crippen LogP contribution < -0.4 is 0 Å². The van der Waals surface area contributed by atoms with Gasteiger partial charge in [-0.1, -0.05) is 43.8 Å². The van der Waals surface area contributed by atoms with Gasteiger partial charge in [-0.05, 0) is 37.1 Å². The first-order chi connectivity index (χ1) is 19.5. The number of aliphatic hydroxyl groups excluding tert-OH is 1. The number of aryl methyl sites for hydroxylation is 1. The van der Waals surface area contributed by atoms with Crippen LogP contribution in [0.5, 0.6) is 0 Å². The van der Waals surface area contributed by atoms with E-state index in [-0.39, 0.29) is 23.8 Å². The molecule has 1 heterocycles. The summed E-state index contributed by atoms with van der Waals surface area (Å²) in [5.74, 6) is -0.887. The van der Waals surface area contributed by atoms with E-state index in [0.29, 0.717) is 12.0 Å². The third-order valence-electron chi connectivity index (χ3n) is 6.00. The first kappa shape index (κ1) is 35.0. The van der Waals surface area contributed by atoms with Gasteiger partial charge >= 0.3 is 23.5 Å². The lowest BCUT2D eigenvalue weighted by Crippen LogP contribution is -2.26. The van der Waals surface area contributed by atoms with Crippen molar-refractivity contribution >= 4 is 40.9 Å². The highest BCUT2D eigenvalue weighted by atomic mass is 32.2. The molecule has 234 valence electrons. The van der Waals surface area contributed by atoms with E-state index >= 15 is 0 Å². The van der Waals surface area contributed by atoms with E-state index in [4.69, 9.17) is 9.26 Å². The van der Waals surface area contributed by atoms with E-state index in [2.05, 4.69) is 13.1 Å². The molecular formula is C23H32NO14P3S. The zero-order valence-electron chi connectivity index (χ0n) is 22.7. The topological polar surface area (TPSA) is 221 Å². The van der Waals surface area contributed by atoms with Crippen LogP contribution in [0, 0.1) is 10.1 Å². The maximum Gasteiger partial charge on any atom is 0.490 e. The molecule has 0 amide bonds. The fourth-order valence-electron chi connectivity index (χ4n) is 4.04. The Kier molecular flexibility index (Phi) is 12.1. The van der Waals surface area contributed by atoms with Gasteiger partial charge in [0.15, 0.2) is 0 Å². The number of nitrogens with zero attached hydrogens (tertiary/aromatic N) is 1. The van der Waals surface area contributed by atoms with Crippen LogP contribution in [0.4, 0.5) is 5.69 Å². The summed E-state index contributed by atoms with van der Waals surface area (Å²) in [6.07, 6.45) is -1.67. The van der Waals surface area contributed by atoms with Gasteiger partial charge in [-0.25, -0.2) is 13.7 Å². The van der Waals surface area contributed by atoms with E-state index in [1.165, 1.54) is 24.8 Å². The number of hydrogen-bond acceptors (Lipinski definition) is 12. The van der Waals surface area contributed by atoms with Crippen molar-refractivity contribution in [3.05, 3.63) is 63.7 Å². The molecule has 1 aliphatic heterocycles. The first-order valence-electron chi connectivity index (χ1n) is 12.6. The molecule has 1 aliphatic rings. The molecule has 4 unspecified atom stereocenters. The summed E-state index contributed by atoms with van der Waals surface area (Å²) in [6, 6.07) is 12.3. The lowest BCUT2D eigenvalue weighted by molar-refractivity contribution is -0.385. The van der Waals surface area contributed by atoms with Gasteiger partial charge in [-0.15, -0.1) is 0 Å². The van der Waals surface area contributed by atoms with Crippen molar-refractivity contribution in [3.63, 3.8) is 0 Å². The molecule has 0 radical (unpaired) electrons. The number of benzene rings is 2. The molecule has 1 saturated heterocycles. The summed E-state index contributed by atoms with van der Waals surface area (Å²) in [5.41, 5.74) is 0.619. The molecule has 2 aromatic carbocycles. The summed E-state index contributed by atoms with van der Waals surface area (Å²) in [4.78, 5) is 42.4. The Balaban J connectivity index is 1.67. The maximum absolute atomic E-state index is 12.4. The molecule has 19 heteroatoms. The van der Waals surface area contributed by atoms with Crippen molar-refractivity contribution in [1.82, 2.24) is 0 Å². The molecule has 3 rings (SSSR count). The molecule has 1 fully saturated rings. The second-order valence-corrected chi connectivity index (χ2v) is 15.1. The lowest BCUT2D eigenvalue weighted by Gasteiger charge is -2.21. The highest BCUT2D eigenvalue weighted by molar-refractivity contribution is 7.99. The van der Waals surface area contributed by atoms with Crippen LogP contribution in [0.2, 0.25) is 0 Å². The van der Waals surface area contributed by atoms with Crippen molar-refractivity contribution in [3.8, 4) is 0 Å². The zero-order chi connectivity index (χ0) is 31.3. The Morgan fingerprint density at radius 2 is 1.69 bits per heavy atom. The molecule has 7 atom stereocenters. The minimum absolute atomic E-state index is 0.165. The Hall–Kier alpha value is -1.48. The number of ether oxygens (including phenoxy) is 1. The normalized spacial score (nSPS) is 23.9. The van der Waals surface area contributed by atoms with Crippen LogP contribution in [0.15, 0.2) is 52.3 Å². The van der Waals surface area contributed by atoms with Crippen molar-refractivity contribution in [2.75, 3.05) is 13.2 Å². The molecule has 0 spiro atoms. The SMILES string of the molecule is CCc1cc([N+](=O)[O-])c(C(C)COP(=O)(O)OP(=O)(O)OP(=O)(O)OC[C@H]2O[C@@H](C)C[C@H]2O)cc1Sc1ccccc1. The van der Waals surface area contributed by atoms with Gasteiger partial charge in [0, 0.05) is 33.8 Å². The molecule has 2 aromatic rings.